The van der Waals surface area contributed by atoms with Crippen LogP contribution in [0.3, 0.4) is 0 Å². The Morgan fingerprint density at radius 3 is 2.87 bits per heavy atom. The summed E-state index contributed by atoms with van der Waals surface area (Å²) in [5.41, 5.74) is 4.64. The first-order valence-electron chi connectivity index (χ1n) is 12.0. The second-order valence-electron chi connectivity index (χ2n) is 9.25. The van der Waals surface area contributed by atoms with Crippen molar-refractivity contribution in [3.05, 3.63) is 86.1 Å². The number of aryl methyl sites for hydroxylation is 1. The van der Waals surface area contributed by atoms with Crippen molar-refractivity contribution in [1.82, 2.24) is 34.7 Å². The van der Waals surface area contributed by atoms with Gasteiger partial charge < -0.3 is 14.3 Å². The molecule has 0 saturated carbocycles. The molecule has 0 radical (unpaired) electrons. The summed E-state index contributed by atoms with van der Waals surface area (Å²) in [4.78, 5) is 34.1. The summed E-state index contributed by atoms with van der Waals surface area (Å²) in [6.07, 6.45) is 4.50. The van der Waals surface area contributed by atoms with E-state index in [9.17, 15) is 9.59 Å². The van der Waals surface area contributed by atoms with Gasteiger partial charge in [0.05, 0.1) is 29.7 Å². The number of carbonyl (C=O) groups excluding carboxylic acids is 1. The highest BCUT2D eigenvalue weighted by molar-refractivity contribution is 7.12. The van der Waals surface area contributed by atoms with E-state index in [1.54, 1.807) is 33.6 Å². The van der Waals surface area contributed by atoms with Crippen molar-refractivity contribution < 1.29 is 9.53 Å². The molecule has 38 heavy (non-hydrogen) atoms. The maximum Gasteiger partial charge on any atom is 0.348 e. The topological polar surface area (TPSA) is 121 Å². The highest BCUT2D eigenvalue weighted by Crippen LogP contribution is 2.35. The molecule has 0 aliphatic carbocycles. The first-order valence-corrected chi connectivity index (χ1v) is 13.3. The second-order valence-corrected chi connectivity index (χ2v) is 10.6. The maximum atomic E-state index is 13.4. The smallest absolute Gasteiger partial charge is 0.348 e. The van der Waals surface area contributed by atoms with E-state index in [-0.39, 0.29) is 23.7 Å². The number of aromatic amines is 1. The van der Waals surface area contributed by atoms with E-state index in [2.05, 4.69) is 25.5 Å². The van der Waals surface area contributed by atoms with Gasteiger partial charge in [-0.15, -0.1) is 16.4 Å². The Balaban J connectivity index is 1.31. The minimum absolute atomic E-state index is 0.130. The number of H-pyrrole nitrogens is 1. The molecular weight excluding hydrogens is 526 g/mol. The van der Waals surface area contributed by atoms with Crippen LogP contribution >= 0.6 is 22.9 Å². The lowest BCUT2D eigenvalue weighted by atomic mass is 10.0. The van der Waals surface area contributed by atoms with Crippen LogP contribution in [0.4, 0.5) is 0 Å². The van der Waals surface area contributed by atoms with Crippen molar-refractivity contribution in [3.8, 4) is 28.1 Å². The summed E-state index contributed by atoms with van der Waals surface area (Å²) >= 11 is 7.63. The van der Waals surface area contributed by atoms with Gasteiger partial charge in [-0.3, -0.25) is 4.79 Å². The van der Waals surface area contributed by atoms with Crippen LogP contribution in [0, 0.1) is 0 Å². The standard InChI is InChI=1S/C26H22ClN7O3S/c1-14(2)37-26(36)23-8-16(12-38-23)20-11-28-25(30-20)22-6-4-18-7-15(9-24(35)34(18)22)19-10-17(27)3-5-21(19)33-13-29-31-32-33/h3,5,7-14,22H,4,6H2,1-2H3,(H,28,30)/t22-/m0/s1. The number of nitrogens with zero attached hydrogens (tertiary/aromatic N) is 6. The lowest BCUT2D eigenvalue weighted by Gasteiger charge is -2.15. The molecule has 1 aliphatic rings. The number of pyridine rings is 1. The van der Waals surface area contributed by atoms with Gasteiger partial charge in [-0.05, 0) is 73.0 Å². The molecule has 12 heteroatoms. The average molecular weight is 548 g/mol. The van der Waals surface area contributed by atoms with E-state index in [0.717, 1.165) is 40.2 Å². The second kappa shape index (κ2) is 9.66. The summed E-state index contributed by atoms with van der Waals surface area (Å²) in [5.74, 6) is 0.356. The van der Waals surface area contributed by atoms with Gasteiger partial charge in [0, 0.05) is 33.3 Å². The predicted molar refractivity (Wildman–Crippen MR) is 143 cm³/mol. The molecule has 0 unspecified atom stereocenters. The number of aromatic nitrogens is 7. The highest BCUT2D eigenvalue weighted by Gasteiger charge is 2.28. The number of halogens is 1. The molecule has 0 bridgehead atoms. The van der Waals surface area contributed by atoms with Crippen LogP contribution in [-0.4, -0.2) is 46.8 Å². The van der Waals surface area contributed by atoms with E-state index < -0.39 is 0 Å². The summed E-state index contributed by atoms with van der Waals surface area (Å²) in [7, 11) is 0. The quantitative estimate of drug-likeness (QED) is 0.306. The van der Waals surface area contributed by atoms with Crippen molar-refractivity contribution in [1.29, 1.82) is 0 Å². The van der Waals surface area contributed by atoms with Crippen molar-refractivity contribution in [2.24, 2.45) is 0 Å². The van der Waals surface area contributed by atoms with Crippen LogP contribution in [0.5, 0.6) is 0 Å². The number of hydrogen-bond donors (Lipinski definition) is 1. The summed E-state index contributed by atoms with van der Waals surface area (Å²) < 4.78 is 8.62. The molecule has 1 aliphatic heterocycles. The van der Waals surface area contributed by atoms with E-state index in [4.69, 9.17) is 16.3 Å². The summed E-state index contributed by atoms with van der Waals surface area (Å²) in [6.45, 7) is 3.64. The van der Waals surface area contributed by atoms with Gasteiger partial charge in [-0.2, -0.15) is 4.68 Å². The number of benzene rings is 1. The number of tetrazole rings is 1. The van der Waals surface area contributed by atoms with Gasteiger partial charge >= 0.3 is 5.97 Å². The minimum Gasteiger partial charge on any atom is -0.459 e. The molecule has 0 fully saturated rings. The van der Waals surface area contributed by atoms with Crippen molar-refractivity contribution in [2.75, 3.05) is 0 Å². The molecule has 0 spiro atoms. The van der Waals surface area contributed by atoms with Crippen LogP contribution in [0.2, 0.25) is 5.02 Å². The fourth-order valence-corrected chi connectivity index (χ4v) is 5.69. The SMILES string of the molecule is CC(C)OC(=O)c1cc(-c2cnc([C@@H]3CCc4cc(-c5cc(Cl)ccc5-n5cnnn5)cc(=O)n43)[nH]2)cs1. The maximum absolute atomic E-state index is 13.4. The van der Waals surface area contributed by atoms with E-state index in [1.807, 2.05) is 37.4 Å². The largest absolute Gasteiger partial charge is 0.459 e. The van der Waals surface area contributed by atoms with Gasteiger partial charge in [-0.25, -0.2) is 9.78 Å². The van der Waals surface area contributed by atoms with Gasteiger partial charge in [0.2, 0.25) is 0 Å². The molecule has 5 heterocycles. The Morgan fingerprint density at radius 2 is 2.08 bits per heavy atom. The van der Waals surface area contributed by atoms with Crippen molar-refractivity contribution >= 4 is 28.9 Å². The third kappa shape index (κ3) is 4.44. The monoisotopic (exact) mass is 547 g/mol. The predicted octanol–water partition coefficient (Wildman–Crippen LogP) is 4.70. The molecule has 4 aromatic heterocycles. The first kappa shape index (κ1) is 24.3. The van der Waals surface area contributed by atoms with Gasteiger partial charge in [0.15, 0.2) is 0 Å². The van der Waals surface area contributed by atoms with Crippen LogP contribution in [0.1, 0.15) is 47.5 Å². The van der Waals surface area contributed by atoms with E-state index >= 15 is 0 Å². The Morgan fingerprint density at radius 1 is 1.21 bits per heavy atom. The van der Waals surface area contributed by atoms with Crippen LogP contribution < -0.4 is 5.56 Å². The van der Waals surface area contributed by atoms with Crippen LogP contribution in [0.25, 0.3) is 28.1 Å². The third-order valence-corrected chi connectivity index (χ3v) is 7.51. The molecule has 10 nitrogen and oxygen atoms in total. The number of ether oxygens (including phenoxy) is 1. The van der Waals surface area contributed by atoms with Gasteiger partial charge in [-0.1, -0.05) is 11.6 Å². The van der Waals surface area contributed by atoms with E-state index in [1.165, 1.54) is 17.7 Å². The number of hydrogen-bond acceptors (Lipinski definition) is 8. The minimum atomic E-state index is -0.342. The third-order valence-electron chi connectivity index (χ3n) is 6.36. The van der Waals surface area contributed by atoms with Crippen LogP contribution in [0.15, 0.2) is 59.1 Å². The number of nitrogens with one attached hydrogen (secondary N) is 1. The summed E-state index contributed by atoms with van der Waals surface area (Å²) in [6, 6.07) is 10.6. The average Bonchev–Trinajstić information content (AvgIpc) is 3.69. The molecule has 0 amide bonds. The fourth-order valence-electron chi connectivity index (χ4n) is 4.73. The number of carbonyl (C=O) groups is 1. The fraction of sp³-hybridized carbons (Fsp3) is 0.231. The van der Waals surface area contributed by atoms with E-state index in [0.29, 0.717) is 22.1 Å². The number of thiophene rings is 1. The van der Waals surface area contributed by atoms with Gasteiger partial charge in [0.25, 0.3) is 5.56 Å². The lowest BCUT2D eigenvalue weighted by Crippen LogP contribution is -2.23. The number of fused-ring (bicyclic) bond motifs is 1. The van der Waals surface area contributed by atoms with Gasteiger partial charge in [0.1, 0.15) is 17.0 Å². The lowest BCUT2D eigenvalue weighted by molar-refractivity contribution is 0.0384. The zero-order valence-corrected chi connectivity index (χ0v) is 22.0. The molecule has 0 saturated heterocycles. The molecule has 5 aromatic rings. The van der Waals surface area contributed by atoms with Crippen molar-refractivity contribution in [3.63, 3.8) is 0 Å². The Bertz CT molecular complexity index is 1700. The molecule has 1 aromatic carbocycles. The highest BCUT2D eigenvalue weighted by atomic mass is 35.5. The molecule has 1 N–H and O–H groups in total. The Labute approximate surface area is 225 Å². The molecule has 6 rings (SSSR count). The zero-order valence-electron chi connectivity index (χ0n) is 20.5. The Hall–Kier alpha value is -4.09. The molecule has 1 atom stereocenters. The number of rotatable bonds is 6. The number of imidazole rings is 1. The van der Waals surface area contributed by atoms with Crippen molar-refractivity contribution in [2.45, 2.75) is 38.8 Å². The zero-order chi connectivity index (χ0) is 26.4. The Kier molecular flexibility index (Phi) is 6.16. The molecular formula is C26H22ClN7O3S. The first-order chi connectivity index (χ1) is 18.4. The summed E-state index contributed by atoms with van der Waals surface area (Å²) in [5, 5.41) is 13.9. The van der Waals surface area contributed by atoms with Crippen LogP contribution in [-0.2, 0) is 11.2 Å². The normalized spacial score (nSPS) is 14.7. The molecule has 192 valence electrons. The number of esters is 1.